The van der Waals surface area contributed by atoms with E-state index in [0.29, 0.717) is 79.1 Å². The molecule has 2 fully saturated rings. The maximum Gasteiger partial charge on any atom is 0.257 e. The lowest BCUT2D eigenvalue weighted by Gasteiger charge is -2.32. The fourth-order valence-electron chi connectivity index (χ4n) is 10.5. The van der Waals surface area contributed by atoms with E-state index in [0.717, 1.165) is 61.3 Å². The molecule has 2 aromatic carbocycles. The first-order valence-corrected chi connectivity index (χ1v) is 23.7. The smallest absolute Gasteiger partial charge is 0.257 e. The minimum atomic E-state index is -0.799. The zero-order valence-electron chi connectivity index (χ0n) is 39.1. The predicted octanol–water partition coefficient (Wildman–Crippen LogP) is 6.62. The number of carbonyl (C=O) groups is 3. The van der Waals surface area contributed by atoms with E-state index in [1.165, 1.54) is 16.7 Å². The summed E-state index contributed by atoms with van der Waals surface area (Å²) in [6.07, 6.45) is 7.01. The van der Waals surface area contributed by atoms with Gasteiger partial charge in [0, 0.05) is 92.9 Å². The van der Waals surface area contributed by atoms with Crippen LogP contribution in [-0.4, -0.2) is 102 Å². The third-order valence-corrected chi connectivity index (χ3v) is 14.4. The Morgan fingerprint density at radius 1 is 0.886 bits per heavy atom. The van der Waals surface area contributed by atoms with Crippen molar-refractivity contribution in [2.24, 2.45) is 7.05 Å². The summed E-state index contributed by atoms with van der Waals surface area (Å²) in [5.41, 5.74) is 4.82. The Labute approximate surface area is 400 Å². The van der Waals surface area contributed by atoms with Crippen LogP contribution in [0.3, 0.4) is 0 Å². The van der Waals surface area contributed by atoms with Crippen LogP contribution >= 0.6 is 0 Å². The van der Waals surface area contributed by atoms with Gasteiger partial charge in [0.15, 0.2) is 5.82 Å². The SMILES string of the molecule is CNc1cc(=O)n(-c2ccnc3c2cc([C@H](C)N2CC=C(c4c(F)cc(C(=O)N5CCn6nc(CN7CCC(c8ccc(NC9CCC(=O)NC9=O)cc8F)CC7)cc6C5)cc4F)CC2)n3C)cc1F. The topological polar surface area (TPSA) is 155 Å². The second kappa shape index (κ2) is 19.0. The molecular weight excluding hydrogens is 907 g/mol. The van der Waals surface area contributed by atoms with Gasteiger partial charge in [0.2, 0.25) is 11.8 Å². The number of hydrogen-bond acceptors (Lipinski definition) is 10. The van der Waals surface area contributed by atoms with Gasteiger partial charge in [-0.05, 0) is 105 Å². The summed E-state index contributed by atoms with van der Waals surface area (Å²) in [4.78, 5) is 61.0. The number of rotatable bonds is 11. The number of likely N-dealkylation sites (tertiary alicyclic amines) is 1. The number of fused-ring (bicyclic) bond motifs is 2. The summed E-state index contributed by atoms with van der Waals surface area (Å²) in [6, 6.07) is 13.3. The molecule has 2 saturated heterocycles. The van der Waals surface area contributed by atoms with Gasteiger partial charge in [0.1, 0.15) is 29.1 Å². The van der Waals surface area contributed by atoms with Crippen molar-refractivity contribution in [3.05, 3.63) is 140 Å². The van der Waals surface area contributed by atoms with E-state index in [1.807, 2.05) is 41.4 Å². The average Bonchev–Trinajstić information content (AvgIpc) is 3.92. The summed E-state index contributed by atoms with van der Waals surface area (Å²) >= 11 is 0. The first kappa shape index (κ1) is 46.6. The summed E-state index contributed by atoms with van der Waals surface area (Å²) in [5.74, 6) is -3.65. The van der Waals surface area contributed by atoms with Crippen LogP contribution in [0.5, 0.6) is 0 Å². The fraction of sp³-hybridized carbons (Fsp3) is 0.373. The van der Waals surface area contributed by atoms with Gasteiger partial charge in [0.05, 0.1) is 42.0 Å². The number of piperidine rings is 2. The van der Waals surface area contributed by atoms with E-state index in [4.69, 9.17) is 5.10 Å². The number of aryl methyl sites for hydroxylation is 1. The van der Waals surface area contributed by atoms with Crippen molar-refractivity contribution in [1.82, 2.24) is 43.9 Å². The number of anilines is 2. The van der Waals surface area contributed by atoms with E-state index in [2.05, 4.69) is 30.7 Å². The van der Waals surface area contributed by atoms with Gasteiger partial charge in [-0.1, -0.05) is 12.1 Å². The van der Waals surface area contributed by atoms with Crippen molar-refractivity contribution < 1.29 is 31.9 Å². The Kier molecular flexibility index (Phi) is 12.6. The first-order chi connectivity index (χ1) is 33.7. The molecule has 70 heavy (non-hydrogen) atoms. The van der Waals surface area contributed by atoms with Crippen molar-refractivity contribution in [3.8, 4) is 5.69 Å². The van der Waals surface area contributed by atoms with Crippen LogP contribution < -0.4 is 21.5 Å². The predicted molar refractivity (Wildman–Crippen MR) is 255 cm³/mol. The average molecular weight is 960 g/mol. The standard InChI is InChI=1S/C51H53F4N11O4/c1-29(45-24-37-44(8-13-57-49(37)61(45)3)65-28-41(55)43(56-2)25-47(65)68)63-16-11-31(12-17-63)48-39(53)20-32(21-40(48)54)51(70)64-18-19-66-35(27-64)22-34(60-66)26-62-14-9-30(10-15-62)36-5-4-33(23-38(36)52)58-42-6-7-46(67)59-50(42)69/h4-5,8,11,13,20-25,28-30,42,56,58H,6-7,9-10,12,14-19,26-27H2,1-3H3,(H,59,67,69)/t29-,42?/m0/s1. The van der Waals surface area contributed by atoms with Crippen LogP contribution in [0.15, 0.2) is 77.9 Å². The number of benzene rings is 2. The van der Waals surface area contributed by atoms with Crippen molar-refractivity contribution in [2.45, 2.75) is 76.7 Å². The molecular formula is C51H53F4N11O4. The van der Waals surface area contributed by atoms with Gasteiger partial charge in [-0.2, -0.15) is 5.10 Å². The molecule has 10 rings (SSSR count). The molecule has 0 radical (unpaired) electrons. The van der Waals surface area contributed by atoms with Crippen molar-refractivity contribution >= 4 is 45.7 Å². The molecule has 0 spiro atoms. The second-order valence-electron chi connectivity index (χ2n) is 18.7. The monoisotopic (exact) mass is 959 g/mol. The third kappa shape index (κ3) is 8.98. The Hall–Kier alpha value is -7.12. The van der Waals surface area contributed by atoms with Crippen LogP contribution in [0.2, 0.25) is 0 Å². The van der Waals surface area contributed by atoms with Crippen LogP contribution in [0, 0.1) is 23.3 Å². The zero-order valence-corrected chi connectivity index (χ0v) is 39.1. The van der Waals surface area contributed by atoms with Crippen molar-refractivity contribution in [1.29, 1.82) is 0 Å². The number of hydrogen-bond donors (Lipinski definition) is 3. The molecule has 8 heterocycles. The van der Waals surface area contributed by atoms with Crippen LogP contribution in [0.1, 0.15) is 89.6 Å². The lowest BCUT2D eigenvalue weighted by atomic mass is 9.89. The Bertz CT molecular complexity index is 3130. The number of imide groups is 1. The van der Waals surface area contributed by atoms with E-state index in [9.17, 15) is 23.6 Å². The Balaban J connectivity index is 0.744. The summed E-state index contributed by atoms with van der Waals surface area (Å²) < 4.78 is 67.0. The second-order valence-corrected chi connectivity index (χ2v) is 18.7. The molecule has 6 aromatic rings. The van der Waals surface area contributed by atoms with Gasteiger partial charge in [-0.15, -0.1) is 0 Å². The number of nitrogens with zero attached hydrogens (tertiary/aromatic N) is 8. The number of aromatic nitrogens is 5. The highest BCUT2D eigenvalue weighted by Crippen LogP contribution is 2.36. The van der Waals surface area contributed by atoms with Gasteiger partial charge >= 0.3 is 0 Å². The third-order valence-electron chi connectivity index (χ3n) is 14.4. The molecule has 4 aromatic heterocycles. The molecule has 0 saturated carbocycles. The lowest BCUT2D eigenvalue weighted by Crippen LogP contribution is -2.47. The molecule has 3 amide bonds. The number of nitrogens with one attached hydrogen (secondary N) is 3. The summed E-state index contributed by atoms with van der Waals surface area (Å²) in [6.45, 7) is 5.98. The Morgan fingerprint density at radius 2 is 1.67 bits per heavy atom. The first-order valence-electron chi connectivity index (χ1n) is 23.7. The minimum Gasteiger partial charge on any atom is -0.386 e. The number of carbonyl (C=O) groups excluding carboxylic acids is 3. The van der Waals surface area contributed by atoms with Crippen LogP contribution in [0.4, 0.5) is 28.9 Å². The van der Waals surface area contributed by atoms with E-state index in [1.54, 1.807) is 36.3 Å². The lowest BCUT2D eigenvalue weighted by molar-refractivity contribution is -0.133. The van der Waals surface area contributed by atoms with Gasteiger partial charge in [-0.3, -0.25) is 43.5 Å². The van der Waals surface area contributed by atoms with Gasteiger partial charge < -0.3 is 20.1 Å². The molecule has 4 aliphatic heterocycles. The summed E-state index contributed by atoms with van der Waals surface area (Å²) in [7, 11) is 3.42. The zero-order chi connectivity index (χ0) is 49.0. The van der Waals surface area contributed by atoms with Crippen LogP contribution in [0.25, 0.3) is 22.3 Å². The number of amides is 3. The molecule has 1 unspecified atom stereocenters. The minimum absolute atomic E-state index is 0.0357. The highest BCUT2D eigenvalue weighted by atomic mass is 19.1. The van der Waals surface area contributed by atoms with Crippen molar-refractivity contribution in [2.75, 3.05) is 50.4 Å². The maximum absolute atomic E-state index is 15.9. The molecule has 0 bridgehead atoms. The molecule has 3 N–H and O–H groups in total. The van der Waals surface area contributed by atoms with Gasteiger partial charge in [-0.25, -0.2) is 22.5 Å². The molecule has 2 atom stereocenters. The molecule has 19 heteroatoms. The highest BCUT2D eigenvalue weighted by Gasteiger charge is 2.31. The van der Waals surface area contributed by atoms with E-state index in [-0.39, 0.29) is 53.5 Å². The Morgan fingerprint density at radius 3 is 2.39 bits per heavy atom. The summed E-state index contributed by atoms with van der Waals surface area (Å²) in [5, 5.41) is 13.5. The largest absolute Gasteiger partial charge is 0.386 e. The van der Waals surface area contributed by atoms with Crippen LogP contribution in [-0.2, 0) is 36.3 Å². The fourth-order valence-corrected chi connectivity index (χ4v) is 10.5. The normalized spacial score (nSPS) is 18.7. The molecule has 364 valence electrons. The highest BCUT2D eigenvalue weighted by molar-refractivity contribution is 6.01. The van der Waals surface area contributed by atoms with Crippen molar-refractivity contribution in [3.63, 3.8) is 0 Å². The number of halogens is 4. The van der Waals surface area contributed by atoms with E-state index < -0.39 is 40.9 Å². The maximum atomic E-state index is 15.9. The molecule has 4 aliphatic rings. The molecule has 15 nitrogen and oxygen atoms in total. The van der Waals surface area contributed by atoms with Gasteiger partial charge in [0.25, 0.3) is 11.5 Å². The quantitative estimate of drug-likeness (QED) is 0.0954. The number of pyridine rings is 2. The van der Waals surface area contributed by atoms with E-state index >= 15 is 13.2 Å². The molecule has 0 aliphatic carbocycles.